The smallest absolute Gasteiger partial charge is 0.256 e. The van der Waals surface area contributed by atoms with Crippen LogP contribution in [0.3, 0.4) is 0 Å². The average molecular weight is 522 g/mol. The molecule has 1 saturated heterocycles. The maximum Gasteiger partial charge on any atom is 0.256 e. The van der Waals surface area contributed by atoms with Gasteiger partial charge in [-0.15, -0.1) is 0 Å². The van der Waals surface area contributed by atoms with Gasteiger partial charge in [-0.05, 0) is 37.0 Å². The van der Waals surface area contributed by atoms with E-state index in [-0.39, 0.29) is 33.9 Å². The molecule has 0 saturated carbocycles. The molecule has 3 aromatic rings. The zero-order chi connectivity index (χ0) is 26.6. The Labute approximate surface area is 217 Å². The van der Waals surface area contributed by atoms with Crippen molar-refractivity contribution in [1.29, 1.82) is 0 Å². The van der Waals surface area contributed by atoms with E-state index in [1.54, 1.807) is 54.6 Å². The zero-order valence-corrected chi connectivity index (χ0v) is 21.8. The van der Waals surface area contributed by atoms with Gasteiger partial charge in [0.25, 0.3) is 5.91 Å². The zero-order valence-electron chi connectivity index (χ0n) is 20.9. The van der Waals surface area contributed by atoms with E-state index < -0.39 is 15.9 Å². The van der Waals surface area contributed by atoms with Crippen LogP contribution >= 0.6 is 0 Å². The fraction of sp³-hybridized carbons (Fsp3) is 0.321. The Morgan fingerprint density at radius 3 is 2.43 bits per heavy atom. The number of nitrogens with one attached hydrogen (secondary N) is 2. The summed E-state index contributed by atoms with van der Waals surface area (Å²) in [5.41, 5.74) is 0.943. The third-order valence-electron chi connectivity index (χ3n) is 6.78. The highest BCUT2D eigenvalue weighted by atomic mass is 32.2. The number of piperidine rings is 1. The van der Waals surface area contributed by atoms with Crippen molar-refractivity contribution in [2.45, 2.75) is 44.0 Å². The molecule has 4 rings (SSSR count). The van der Waals surface area contributed by atoms with Crippen molar-refractivity contribution in [1.82, 2.24) is 9.62 Å². The molecule has 1 heterocycles. The summed E-state index contributed by atoms with van der Waals surface area (Å²) in [7, 11) is -3.89. The van der Waals surface area contributed by atoms with Gasteiger partial charge in [0.15, 0.2) is 6.29 Å². The van der Waals surface area contributed by atoms with Gasteiger partial charge in [-0.2, -0.15) is 0 Å². The monoisotopic (exact) mass is 521 g/mol. The molecular weight excluding hydrogens is 490 g/mol. The maximum atomic E-state index is 13.5. The van der Waals surface area contributed by atoms with Gasteiger partial charge in [-0.1, -0.05) is 56.3 Å². The lowest BCUT2D eigenvalue weighted by molar-refractivity contribution is -0.133. The van der Waals surface area contributed by atoms with Crippen LogP contribution < -0.4 is 10.0 Å². The Kier molecular flexibility index (Phi) is 8.04. The third kappa shape index (κ3) is 5.73. The minimum absolute atomic E-state index is 0.0351. The quantitative estimate of drug-likeness (QED) is 0.431. The van der Waals surface area contributed by atoms with Gasteiger partial charge < -0.3 is 10.2 Å². The van der Waals surface area contributed by atoms with Crippen LogP contribution in [-0.2, 0) is 14.8 Å². The highest BCUT2D eigenvalue weighted by molar-refractivity contribution is 7.89. The maximum absolute atomic E-state index is 13.5. The van der Waals surface area contributed by atoms with Crippen molar-refractivity contribution in [3.63, 3.8) is 0 Å². The molecule has 1 aliphatic rings. The van der Waals surface area contributed by atoms with Gasteiger partial charge in [0.05, 0.1) is 10.5 Å². The SMILES string of the molecule is CCCC(=O)N1CC[C@H](NS(=O)(=O)c2ccc(NC(=O)c3ccccc3C=O)c3ccccc23)[C@H](C)C1. The lowest BCUT2D eigenvalue weighted by atomic mass is 9.94. The summed E-state index contributed by atoms with van der Waals surface area (Å²) in [5.74, 6) is -0.387. The van der Waals surface area contributed by atoms with Crippen LogP contribution in [0.25, 0.3) is 10.8 Å². The molecule has 0 aromatic heterocycles. The largest absolute Gasteiger partial charge is 0.342 e. The summed E-state index contributed by atoms with van der Waals surface area (Å²) in [6, 6.07) is 16.2. The second-order valence-corrected chi connectivity index (χ2v) is 11.1. The summed E-state index contributed by atoms with van der Waals surface area (Å²) in [4.78, 5) is 38.5. The number of likely N-dealkylation sites (tertiary alicyclic amines) is 1. The van der Waals surface area contributed by atoms with Gasteiger partial charge in [-0.25, -0.2) is 13.1 Å². The van der Waals surface area contributed by atoms with Crippen molar-refractivity contribution in [3.05, 3.63) is 71.8 Å². The highest BCUT2D eigenvalue weighted by Crippen LogP contribution is 2.31. The number of anilines is 1. The number of nitrogens with zero attached hydrogens (tertiary/aromatic N) is 1. The summed E-state index contributed by atoms with van der Waals surface area (Å²) >= 11 is 0. The second-order valence-electron chi connectivity index (χ2n) is 9.40. The molecule has 0 unspecified atom stereocenters. The van der Waals surface area contributed by atoms with E-state index in [0.717, 1.165) is 6.42 Å². The van der Waals surface area contributed by atoms with Gasteiger partial charge in [0, 0.05) is 47.6 Å². The molecule has 1 aliphatic heterocycles. The summed E-state index contributed by atoms with van der Waals surface area (Å²) < 4.78 is 29.9. The molecule has 1 fully saturated rings. The van der Waals surface area contributed by atoms with Crippen molar-refractivity contribution in [2.24, 2.45) is 5.92 Å². The first kappa shape index (κ1) is 26.5. The van der Waals surface area contributed by atoms with Crippen molar-refractivity contribution >= 4 is 44.6 Å². The highest BCUT2D eigenvalue weighted by Gasteiger charge is 2.32. The Bertz CT molecular complexity index is 1440. The standard InChI is InChI=1S/C28H31N3O5S/c1-3-8-27(33)31-16-15-24(19(2)17-31)30-37(35,36)26-14-13-25(22-11-6-7-12-23(22)26)29-28(34)21-10-5-4-9-20(21)18-32/h4-7,9-14,18-19,24,30H,3,8,15-17H2,1-2H3,(H,29,34)/t19-,24+/m1/s1. The predicted octanol–water partition coefficient (Wildman–Crippen LogP) is 4.22. The Morgan fingerprint density at radius 2 is 1.73 bits per heavy atom. The van der Waals surface area contributed by atoms with E-state index in [1.165, 1.54) is 6.07 Å². The first-order valence-electron chi connectivity index (χ1n) is 12.4. The van der Waals surface area contributed by atoms with Crippen LogP contribution in [0.2, 0.25) is 0 Å². The molecule has 3 aromatic carbocycles. The van der Waals surface area contributed by atoms with E-state index in [2.05, 4.69) is 10.0 Å². The number of fused-ring (bicyclic) bond motifs is 1. The second kappa shape index (κ2) is 11.2. The first-order chi connectivity index (χ1) is 17.7. The van der Waals surface area contributed by atoms with Crippen LogP contribution in [0.5, 0.6) is 0 Å². The van der Waals surface area contributed by atoms with Crippen molar-refractivity contribution in [2.75, 3.05) is 18.4 Å². The molecular formula is C28H31N3O5S. The fourth-order valence-electron chi connectivity index (χ4n) is 4.79. The molecule has 37 heavy (non-hydrogen) atoms. The van der Waals surface area contributed by atoms with Crippen LogP contribution in [0.15, 0.2) is 65.6 Å². The lowest BCUT2D eigenvalue weighted by Crippen LogP contribution is -2.51. The topological polar surface area (TPSA) is 113 Å². The third-order valence-corrected chi connectivity index (χ3v) is 8.33. The number of amides is 2. The van der Waals surface area contributed by atoms with Crippen LogP contribution in [0.1, 0.15) is 53.8 Å². The first-order valence-corrected chi connectivity index (χ1v) is 13.9. The van der Waals surface area contributed by atoms with Crippen molar-refractivity contribution < 1.29 is 22.8 Å². The Hall–Kier alpha value is -3.56. The van der Waals surface area contributed by atoms with E-state index in [9.17, 15) is 22.8 Å². The van der Waals surface area contributed by atoms with E-state index in [4.69, 9.17) is 0 Å². The van der Waals surface area contributed by atoms with E-state index in [1.807, 2.05) is 18.7 Å². The number of carbonyl (C=O) groups excluding carboxylic acids is 3. The van der Waals surface area contributed by atoms with E-state index in [0.29, 0.717) is 48.7 Å². The van der Waals surface area contributed by atoms with Gasteiger partial charge >= 0.3 is 0 Å². The van der Waals surface area contributed by atoms with Gasteiger partial charge in [0.1, 0.15) is 0 Å². The van der Waals surface area contributed by atoms with E-state index >= 15 is 0 Å². The molecule has 2 atom stereocenters. The van der Waals surface area contributed by atoms with Crippen molar-refractivity contribution in [3.8, 4) is 0 Å². The number of benzene rings is 3. The minimum atomic E-state index is -3.89. The van der Waals surface area contributed by atoms with Gasteiger partial charge in [0.2, 0.25) is 15.9 Å². The molecule has 2 N–H and O–H groups in total. The molecule has 8 nitrogen and oxygen atoms in total. The number of carbonyl (C=O) groups is 3. The van der Waals surface area contributed by atoms with Crippen LogP contribution in [-0.4, -0.2) is 50.5 Å². The molecule has 9 heteroatoms. The number of hydrogen-bond acceptors (Lipinski definition) is 5. The lowest BCUT2D eigenvalue weighted by Gasteiger charge is -2.37. The molecule has 194 valence electrons. The molecule has 0 aliphatic carbocycles. The summed E-state index contributed by atoms with van der Waals surface area (Å²) in [5, 5.41) is 3.86. The Balaban J connectivity index is 1.58. The number of rotatable bonds is 8. The van der Waals surface area contributed by atoms with Crippen LogP contribution in [0, 0.1) is 5.92 Å². The normalized spacial score (nSPS) is 17.9. The summed E-state index contributed by atoms with van der Waals surface area (Å²) in [6.45, 7) is 4.95. The van der Waals surface area contributed by atoms with Crippen LogP contribution in [0.4, 0.5) is 5.69 Å². The number of sulfonamides is 1. The van der Waals surface area contributed by atoms with Gasteiger partial charge in [-0.3, -0.25) is 14.4 Å². The minimum Gasteiger partial charge on any atom is -0.342 e. The molecule has 2 amide bonds. The Morgan fingerprint density at radius 1 is 1.03 bits per heavy atom. The number of aldehydes is 1. The summed E-state index contributed by atoms with van der Waals surface area (Å²) in [6.07, 6.45) is 2.45. The number of hydrogen-bond donors (Lipinski definition) is 2. The molecule has 0 spiro atoms. The molecule has 0 bridgehead atoms. The fourth-order valence-corrected chi connectivity index (χ4v) is 6.38. The molecule has 0 radical (unpaired) electrons. The predicted molar refractivity (Wildman–Crippen MR) is 143 cm³/mol. The average Bonchev–Trinajstić information content (AvgIpc) is 2.89.